The van der Waals surface area contributed by atoms with Crippen LogP contribution in [0.15, 0.2) is 0 Å². The summed E-state index contributed by atoms with van der Waals surface area (Å²) >= 11 is 0. The highest BCUT2D eigenvalue weighted by atomic mass is 19.4. The van der Waals surface area contributed by atoms with E-state index in [1.165, 1.54) is 0 Å². The van der Waals surface area contributed by atoms with Crippen LogP contribution in [-0.4, -0.2) is 65.1 Å². The van der Waals surface area contributed by atoms with Crippen LogP contribution in [0, 0.1) is 5.92 Å². The van der Waals surface area contributed by atoms with Crippen molar-refractivity contribution in [2.45, 2.75) is 74.3 Å². The molecular formula is C15H12F16O4. The van der Waals surface area contributed by atoms with E-state index in [0.717, 1.165) is 6.92 Å². The minimum absolute atomic E-state index is 0.783. The first-order valence-electron chi connectivity index (χ1n) is 8.49. The summed E-state index contributed by atoms with van der Waals surface area (Å²) in [5.41, 5.74) is 0. The summed E-state index contributed by atoms with van der Waals surface area (Å²) in [5, 5.41) is 8.37. The molecular weight excluding hydrogens is 548 g/mol. The Morgan fingerprint density at radius 2 is 1.11 bits per heavy atom. The van der Waals surface area contributed by atoms with Gasteiger partial charge in [0.2, 0.25) is 0 Å². The van der Waals surface area contributed by atoms with E-state index in [0.29, 0.717) is 0 Å². The number of carboxylic acids is 1. The lowest BCUT2D eigenvalue weighted by Crippen LogP contribution is -2.72. The predicted octanol–water partition coefficient (Wildman–Crippen LogP) is 6.09. The molecule has 4 nitrogen and oxygen atoms in total. The number of alkyl halides is 16. The summed E-state index contributed by atoms with van der Waals surface area (Å²) in [6, 6.07) is 0. The molecule has 0 aromatic rings. The minimum Gasteiger partial charge on any atom is -0.481 e. The Bertz CT molecular complexity index is 775. The molecule has 0 fully saturated rings. The van der Waals surface area contributed by atoms with Gasteiger partial charge in [-0.3, -0.25) is 9.59 Å². The molecule has 0 amide bonds. The van der Waals surface area contributed by atoms with Crippen LogP contribution in [0.5, 0.6) is 0 Å². The Morgan fingerprint density at radius 3 is 1.49 bits per heavy atom. The van der Waals surface area contributed by atoms with Gasteiger partial charge in [0, 0.05) is 12.8 Å². The van der Waals surface area contributed by atoms with Crippen LogP contribution in [0.4, 0.5) is 70.2 Å². The van der Waals surface area contributed by atoms with E-state index in [-0.39, 0.29) is 0 Å². The molecule has 0 heterocycles. The van der Waals surface area contributed by atoms with Gasteiger partial charge in [-0.05, 0) is 5.92 Å². The van der Waals surface area contributed by atoms with Crippen molar-refractivity contribution >= 4 is 11.9 Å². The largest absolute Gasteiger partial charge is 0.481 e. The lowest BCUT2D eigenvalue weighted by Gasteiger charge is -2.41. The van der Waals surface area contributed by atoms with Crippen LogP contribution in [0.3, 0.4) is 0 Å². The summed E-state index contributed by atoms with van der Waals surface area (Å²) in [6.45, 7) is 0.783. The zero-order chi connectivity index (χ0) is 28.6. The summed E-state index contributed by atoms with van der Waals surface area (Å²) in [5.74, 6) is -46.1. The van der Waals surface area contributed by atoms with Crippen LogP contribution in [0.25, 0.3) is 0 Å². The maximum Gasteiger partial charge on any atom is 0.473 e. The van der Waals surface area contributed by atoms with Crippen molar-refractivity contribution in [3.63, 3.8) is 0 Å². The van der Waals surface area contributed by atoms with Crippen LogP contribution in [0.1, 0.15) is 26.2 Å². The highest BCUT2D eigenvalue weighted by Crippen LogP contribution is 2.61. The molecule has 1 N–H and O–H groups in total. The van der Waals surface area contributed by atoms with E-state index in [9.17, 15) is 79.8 Å². The van der Waals surface area contributed by atoms with Crippen LogP contribution in [0.2, 0.25) is 0 Å². The second kappa shape index (κ2) is 9.70. The first kappa shape index (κ1) is 32.8. The molecule has 20 heteroatoms. The molecule has 0 aliphatic carbocycles. The number of rotatable bonds is 12. The van der Waals surface area contributed by atoms with Gasteiger partial charge in [-0.2, -0.15) is 65.9 Å². The Labute approximate surface area is 183 Å². The molecule has 0 aromatic carbocycles. The smallest absolute Gasteiger partial charge is 0.473 e. The molecule has 35 heavy (non-hydrogen) atoms. The number of halogens is 16. The van der Waals surface area contributed by atoms with Gasteiger partial charge in [-0.15, -0.1) is 0 Å². The average Bonchev–Trinajstić information content (AvgIpc) is 2.57. The van der Waals surface area contributed by atoms with E-state index in [4.69, 9.17) is 5.11 Å². The van der Waals surface area contributed by atoms with E-state index < -0.39 is 85.2 Å². The van der Waals surface area contributed by atoms with Crippen LogP contribution >= 0.6 is 0 Å². The number of aliphatic carboxylic acids is 1. The van der Waals surface area contributed by atoms with Crippen molar-refractivity contribution in [2.75, 3.05) is 0 Å². The molecule has 0 aliphatic heterocycles. The molecule has 2 atom stereocenters. The average molecular weight is 560 g/mol. The fraction of sp³-hybridized carbons (Fsp3) is 0.867. The van der Waals surface area contributed by atoms with E-state index >= 15 is 0 Å². The number of carbonyl (C=O) groups excluding carboxylic acids is 1. The lowest BCUT2D eigenvalue weighted by atomic mass is 9.91. The molecule has 0 spiro atoms. The summed E-state index contributed by atoms with van der Waals surface area (Å²) in [4.78, 5) is 21.5. The molecule has 208 valence electrons. The standard InChI is InChI=1S/C15H12F16O4/c1-5(2-7(32)33)3-8(34)35-15(30,31)14(28,29)13(26,27)12(24,25)11(22,23)10(20,21)6(16)4-9(17,18)19/h5-6H,2-4H2,1H3,(H,32,33). The first-order valence-corrected chi connectivity index (χ1v) is 8.49. The summed E-state index contributed by atoms with van der Waals surface area (Å²) in [6.07, 6.45) is -25.0. The van der Waals surface area contributed by atoms with Gasteiger partial charge in [0.05, 0.1) is 6.42 Å². The van der Waals surface area contributed by atoms with Gasteiger partial charge in [0.25, 0.3) is 0 Å². The third kappa shape index (κ3) is 6.34. The summed E-state index contributed by atoms with van der Waals surface area (Å²) in [7, 11) is 0. The fourth-order valence-electron chi connectivity index (χ4n) is 2.22. The molecule has 0 rings (SSSR count). The second-order valence-electron chi connectivity index (χ2n) is 7.11. The van der Waals surface area contributed by atoms with Crippen molar-refractivity contribution in [3.8, 4) is 0 Å². The number of carbonyl (C=O) groups is 2. The Kier molecular flexibility index (Phi) is 9.10. The number of esters is 1. The molecule has 0 radical (unpaired) electrons. The Morgan fingerprint density at radius 1 is 0.714 bits per heavy atom. The summed E-state index contributed by atoms with van der Waals surface area (Å²) < 4.78 is 213. The van der Waals surface area contributed by atoms with Crippen molar-refractivity contribution < 1.29 is 89.7 Å². The maximum atomic E-state index is 13.6. The van der Waals surface area contributed by atoms with Gasteiger partial charge in [-0.1, -0.05) is 6.92 Å². The second-order valence-corrected chi connectivity index (χ2v) is 7.11. The number of carboxylic acid groups (broad SMARTS) is 1. The van der Waals surface area contributed by atoms with Crippen molar-refractivity contribution in [3.05, 3.63) is 0 Å². The number of hydrogen-bond donors (Lipinski definition) is 1. The Hall–Kier alpha value is -2.18. The third-order valence-corrected chi connectivity index (χ3v) is 4.05. The van der Waals surface area contributed by atoms with Gasteiger partial charge >= 0.3 is 53.8 Å². The topological polar surface area (TPSA) is 63.6 Å². The fourth-order valence-corrected chi connectivity index (χ4v) is 2.22. The SMILES string of the molecule is CC(CC(=O)O)CC(=O)OC(F)(F)C(F)(F)C(F)(F)C(F)(F)C(F)(F)C(F)(F)C(F)CC(F)(F)F. The first-order chi connectivity index (χ1) is 15.1. The molecule has 2 unspecified atom stereocenters. The molecule has 0 saturated heterocycles. The van der Waals surface area contributed by atoms with Crippen molar-refractivity contribution in [1.29, 1.82) is 0 Å². The van der Waals surface area contributed by atoms with Crippen LogP contribution in [-0.2, 0) is 14.3 Å². The van der Waals surface area contributed by atoms with Crippen LogP contribution < -0.4 is 0 Å². The number of ether oxygens (including phenoxy) is 1. The van der Waals surface area contributed by atoms with E-state index in [2.05, 4.69) is 4.74 Å². The maximum absolute atomic E-state index is 13.6. The quantitative estimate of drug-likeness (QED) is 0.232. The van der Waals surface area contributed by atoms with Gasteiger partial charge < -0.3 is 9.84 Å². The highest BCUT2D eigenvalue weighted by Gasteiger charge is 2.92. The lowest BCUT2D eigenvalue weighted by molar-refractivity contribution is -0.454. The molecule has 0 bridgehead atoms. The zero-order valence-corrected chi connectivity index (χ0v) is 16.5. The van der Waals surface area contributed by atoms with Gasteiger partial charge in [-0.25, -0.2) is 4.39 Å². The predicted molar refractivity (Wildman–Crippen MR) is 77.4 cm³/mol. The normalized spacial score (nSPS) is 16.6. The Balaban J connectivity index is 6.19. The minimum atomic E-state index is -8.38. The zero-order valence-electron chi connectivity index (χ0n) is 16.5. The monoisotopic (exact) mass is 560 g/mol. The molecule has 0 aliphatic rings. The van der Waals surface area contributed by atoms with E-state index in [1.807, 2.05) is 0 Å². The number of hydrogen-bond acceptors (Lipinski definition) is 3. The highest BCUT2D eigenvalue weighted by molar-refractivity contribution is 5.72. The molecule has 0 aromatic heterocycles. The van der Waals surface area contributed by atoms with Crippen molar-refractivity contribution in [1.82, 2.24) is 0 Å². The van der Waals surface area contributed by atoms with E-state index in [1.54, 1.807) is 0 Å². The third-order valence-electron chi connectivity index (χ3n) is 4.05. The van der Waals surface area contributed by atoms with Gasteiger partial charge in [0.15, 0.2) is 6.17 Å². The van der Waals surface area contributed by atoms with Crippen molar-refractivity contribution in [2.24, 2.45) is 5.92 Å². The van der Waals surface area contributed by atoms with Gasteiger partial charge in [0.1, 0.15) is 0 Å². The molecule has 0 saturated carbocycles.